The molecule has 0 unspecified atom stereocenters. The molecule has 0 saturated carbocycles. The van der Waals surface area contributed by atoms with Crippen LogP contribution in [0.2, 0.25) is 5.15 Å². The summed E-state index contributed by atoms with van der Waals surface area (Å²) in [5, 5.41) is 3.73. The van der Waals surface area contributed by atoms with Gasteiger partial charge in [0.1, 0.15) is 22.6 Å². The van der Waals surface area contributed by atoms with E-state index >= 15 is 0 Å². The molecule has 102 valence electrons. The molecular formula is C14H18ClN3O. The van der Waals surface area contributed by atoms with Crippen LogP contribution in [0, 0.1) is 6.92 Å². The molecule has 2 heterocycles. The lowest BCUT2D eigenvalue weighted by atomic mass is 9.95. The molecule has 0 spiro atoms. The minimum atomic E-state index is -0.140. The summed E-state index contributed by atoms with van der Waals surface area (Å²) in [6.45, 7) is 8.66. The third-order valence-corrected chi connectivity index (χ3v) is 3.14. The molecule has 5 heteroatoms. The van der Waals surface area contributed by atoms with Crippen LogP contribution in [0.5, 0.6) is 0 Å². The van der Waals surface area contributed by atoms with Gasteiger partial charge in [-0.3, -0.25) is 0 Å². The second kappa shape index (κ2) is 5.21. The lowest BCUT2D eigenvalue weighted by molar-refractivity contribution is 0.517. The molecule has 0 atom stereocenters. The van der Waals surface area contributed by atoms with Gasteiger partial charge in [0.25, 0.3) is 0 Å². The van der Waals surface area contributed by atoms with Gasteiger partial charge >= 0.3 is 0 Å². The molecule has 0 aliphatic carbocycles. The largest absolute Gasteiger partial charge is 0.467 e. The first-order chi connectivity index (χ1) is 8.88. The van der Waals surface area contributed by atoms with Gasteiger partial charge < -0.3 is 9.73 Å². The summed E-state index contributed by atoms with van der Waals surface area (Å²) in [5.41, 5.74) is 0.708. The maximum atomic E-state index is 6.17. The van der Waals surface area contributed by atoms with E-state index in [1.54, 1.807) is 6.26 Å². The van der Waals surface area contributed by atoms with E-state index in [2.05, 4.69) is 36.1 Å². The number of halogens is 1. The third-order valence-electron chi connectivity index (χ3n) is 2.77. The topological polar surface area (TPSA) is 51.0 Å². The maximum absolute atomic E-state index is 6.17. The number of aromatic nitrogens is 2. The first-order valence-electron chi connectivity index (χ1n) is 6.19. The number of nitrogens with one attached hydrogen (secondary N) is 1. The van der Waals surface area contributed by atoms with Crippen molar-refractivity contribution in [3.8, 4) is 0 Å². The zero-order chi connectivity index (χ0) is 14.0. The zero-order valence-corrected chi connectivity index (χ0v) is 12.4. The molecule has 19 heavy (non-hydrogen) atoms. The fraction of sp³-hybridized carbons (Fsp3) is 0.429. The molecule has 0 radical (unpaired) electrons. The van der Waals surface area contributed by atoms with Crippen molar-refractivity contribution in [1.82, 2.24) is 9.97 Å². The minimum absolute atomic E-state index is 0.140. The van der Waals surface area contributed by atoms with Crippen LogP contribution >= 0.6 is 11.6 Å². The number of anilines is 1. The Bertz CT molecular complexity index is 559. The number of nitrogens with zero attached hydrogens (tertiary/aromatic N) is 2. The molecule has 0 aliphatic heterocycles. The molecule has 2 rings (SSSR count). The van der Waals surface area contributed by atoms with Gasteiger partial charge in [-0.25, -0.2) is 9.97 Å². The Morgan fingerprint density at radius 3 is 2.63 bits per heavy atom. The quantitative estimate of drug-likeness (QED) is 0.865. The van der Waals surface area contributed by atoms with Gasteiger partial charge in [-0.1, -0.05) is 32.4 Å². The summed E-state index contributed by atoms with van der Waals surface area (Å²) in [4.78, 5) is 8.90. The highest BCUT2D eigenvalue weighted by Crippen LogP contribution is 2.26. The average molecular weight is 280 g/mol. The summed E-state index contributed by atoms with van der Waals surface area (Å²) in [5.74, 6) is 2.33. The minimum Gasteiger partial charge on any atom is -0.467 e. The van der Waals surface area contributed by atoms with E-state index in [1.165, 1.54) is 0 Å². The number of furan rings is 1. The van der Waals surface area contributed by atoms with Crippen LogP contribution in [0.3, 0.4) is 0 Å². The summed E-state index contributed by atoms with van der Waals surface area (Å²) >= 11 is 6.17. The molecular weight excluding hydrogens is 262 g/mol. The highest BCUT2D eigenvalue weighted by atomic mass is 35.5. The Kier molecular flexibility index (Phi) is 3.80. The van der Waals surface area contributed by atoms with Crippen molar-refractivity contribution < 1.29 is 4.42 Å². The molecule has 0 amide bonds. The predicted molar refractivity (Wildman–Crippen MR) is 76.5 cm³/mol. The molecule has 2 aromatic heterocycles. The molecule has 0 aromatic carbocycles. The molecule has 0 fully saturated rings. The summed E-state index contributed by atoms with van der Waals surface area (Å²) < 4.78 is 5.28. The lowest BCUT2D eigenvalue weighted by Crippen LogP contribution is -2.18. The van der Waals surface area contributed by atoms with Gasteiger partial charge in [-0.05, 0) is 19.1 Å². The zero-order valence-electron chi connectivity index (χ0n) is 11.6. The van der Waals surface area contributed by atoms with E-state index in [1.807, 2.05) is 19.1 Å². The molecule has 2 aromatic rings. The van der Waals surface area contributed by atoms with Gasteiger partial charge in [0, 0.05) is 11.0 Å². The van der Waals surface area contributed by atoms with Crippen LogP contribution in [0.15, 0.2) is 22.8 Å². The molecule has 4 nitrogen and oxygen atoms in total. The highest BCUT2D eigenvalue weighted by Gasteiger charge is 2.20. The van der Waals surface area contributed by atoms with E-state index in [4.69, 9.17) is 16.0 Å². The Morgan fingerprint density at radius 1 is 1.32 bits per heavy atom. The van der Waals surface area contributed by atoms with E-state index in [9.17, 15) is 0 Å². The van der Waals surface area contributed by atoms with Crippen LogP contribution in [0.1, 0.15) is 37.9 Å². The van der Waals surface area contributed by atoms with Crippen LogP contribution in [0.4, 0.5) is 5.82 Å². The van der Waals surface area contributed by atoms with Crippen molar-refractivity contribution in [3.63, 3.8) is 0 Å². The van der Waals surface area contributed by atoms with Crippen molar-refractivity contribution in [2.24, 2.45) is 0 Å². The van der Waals surface area contributed by atoms with Crippen LogP contribution in [-0.2, 0) is 12.0 Å². The predicted octanol–water partition coefficient (Wildman–Crippen LogP) is 3.94. The molecule has 1 N–H and O–H groups in total. The van der Waals surface area contributed by atoms with Crippen molar-refractivity contribution in [2.75, 3.05) is 5.32 Å². The summed E-state index contributed by atoms with van der Waals surface area (Å²) in [6, 6.07) is 3.77. The highest BCUT2D eigenvalue weighted by molar-refractivity contribution is 6.30. The van der Waals surface area contributed by atoms with E-state index in [0.717, 1.165) is 23.0 Å². The smallest absolute Gasteiger partial charge is 0.137 e. The molecule has 0 saturated heterocycles. The maximum Gasteiger partial charge on any atom is 0.137 e. The molecule has 0 bridgehead atoms. The average Bonchev–Trinajstić information content (AvgIpc) is 2.82. The Labute approximate surface area is 118 Å². The Morgan fingerprint density at radius 2 is 2.05 bits per heavy atom. The van der Waals surface area contributed by atoms with Gasteiger partial charge in [-0.2, -0.15) is 0 Å². The van der Waals surface area contributed by atoms with Crippen LogP contribution in [-0.4, -0.2) is 9.97 Å². The molecule has 0 aliphatic rings. The Hall–Kier alpha value is -1.55. The first-order valence-corrected chi connectivity index (χ1v) is 6.56. The fourth-order valence-electron chi connectivity index (χ4n) is 1.58. The van der Waals surface area contributed by atoms with Crippen LogP contribution < -0.4 is 5.32 Å². The number of hydrogen-bond donors (Lipinski definition) is 1. The monoisotopic (exact) mass is 279 g/mol. The van der Waals surface area contributed by atoms with Crippen LogP contribution in [0.25, 0.3) is 0 Å². The summed E-state index contributed by atoms with van der Waals surface area (Å²) in [6.07, 6.45) is 1.65. The second-order valence-corrected chi connectivity index (χ2v) is 5.85. The van der Waals surface area contributed by atoms with Gasteiger partial charge in [0.15, 0.2) is 0 Å². The summed E-state index contributed by atoms with van der Waals surface area (Å²) in [7, 11) is 0. The number of hydrogen-bond acceptors (Lipinski definition) is 4. The van der Waals surface area contributed by atoms with Gasteiger partial charge in [0.05, 0.1) is 12.8 Å². The van der Waals surface area contributed by atoms with Crippen molar-refractivity contribution in [1.29, 1.82) is 0 Å². The van der Waals surface area contributed by atoms with Crippen molar-refractivity contribution in [2.45, 2.75) is 39.7 Å². The van der Waals surface area contributed by atoms with Crippen molar-refractivity contribution >= 4 is 17.4 Å². The SMILES string of the molecule is Cc1c(Cl)nc(C(C)(C)C)nc1NCc1ccco1. The van der Waals surface area contributed by atoms with E-state index in [0.29, 0.717) is 11.7 Å². The lowest BCUT2D eigenvalue weighted by Gasteiger charge is -2.19. The van der Waals surface area contributed by atoms with Gasteiger partial charge in [0.2, 0.25) is 0 Å². The van der Waals surface area contributed by atoms with Crippen molar-refractivity contribution in [3.05, 3.63) is 40.7 Å². The second-order valence-electron chi connectivity index (χ2n) is 5.49. The van der Waals surface area contributed by atoms with E-state index < -0.39 is 0 Å². The normalized spacial score (nSPS) is 11.6. The first kappa shape index (κ1) is 13.9. The van der Waals surface area contributed by atoms with E-state index in [-0.39, 0.29) is 5.41 Å². The standard InChI is InChI=1S/C14H18ClN3O/c1-9-11(15)17-13(14(2,3)4)18-12(9)16-8-10-6-5-7-19-10/h5-7H,8H2,1-4H3,(H,16,17,18). The fourth-order valence-corrected chi connectivity index (χ4v) is 1.75. The van der Waals surface area contributed by atoms with Gasteiger partial charge in [-0.15, -0.1) is 0 Å². The Balaban J connectivity index is 2.26. The number of rotatable bonds is 3. The third kappa shape index (κ3) is 3.26.